The maximum atomic E-state index is 9.56. The first-order valence-electron chi connectivity index (χ1n) is 6.14. The lowest BCUT2D eigenvalue weighted by molar-refractivity contribution is 0.0694. The average molecular weight is 199 g/mol. The summed E-state index contributed by atoms with van der Waals surface area (Å²) >= 11 is 0. The van der Waals surface area contributed by atoms with Crippen LogP contribution in [0.4, 0.5) is 0 Å². The van der Waals surface area contributed by atoms with Crippen molar-refractivity contribution in [3.8, 4) is 0 Å². The topological polar surface area (TPSA) is 23.5 Å². The van der Waals surface area contributed by atoms with Gasteiger partial charge in [0.25, 0.3) is 0 Å². The molecule has 0 spiro atoms. The highest BCUT2D eigenvalue weighted by Gasteiger charge is 2.17. The number of hydrogen-bond acceptors (Lipinski definition) is 2. The van der Waals surface area contributed by atoms with Gasteiger partial charge in [0.05, 0.1) is 6.10 Å². The second kappa shape index (κ2) is 6.41. The first-order chi connectivity index (χ1) is 6.72. The van der Waals surface area contributed by atoms with E-state index in [9.17, 15) is 5.11 Å². The first-order valence-corrected chi connectivity index (χ1v) is 6.14. The summed E-state index contributed by atoms with van der Waals surface area (Å²) < 4.78 is 0. The Morgan fingerprint density at radius 1 is 0.857 bits per heavy atom. The Kier molecular flexibility index (Phi) is 5.49. The van der Waals surface area contributed by atoms with E-state index in [2.05, 4.69) is 11.8 Å². The normalized spacial score (nSPS) is 25.9. The molecule has 0 radical (unpaired) electrons. The van der Waals surface area contributed by atoms with Crippen molar-refractivity contribution in [2.75, 3.05) is 13.1 Å². The lowest BCUT2D eigenvalue weighted by Crippen LogP contribution is -2.41. The van der Waals surface area contributed by atoms with E-state index in [0.29, 0.717) is 6.04 Å². The molecule has 1 heterocycles. The van der Waals surface area contributed by atoms with E-state index in [-0.39, 0.29) is 6.10 Å². The van der Waals surface area contributed by atoms with Gasteiger partial charge in [0, 0.05) is 6.04 Å². The van der Waals surface area contributed by atoms with Crippen LogP contribution in [0, 0.1) is 0 Å². The summed E-state index contributed by atoms with van der Waals surface area (Å²) in [5, 5.41) is 9.56. The van der Waals surface area contributed by atoms with Crippen LogP contribution >= 0.6 is 0 Å². The summed E-state index contributed by atoms with van der Waals surface area (Å²) in [5.41, 5.74) is 0. The Bertz CT molecular complexity index is 137. The largest absolute Gasteiger partial charge is 0.392 e. The molecule has 0 saturated carbocycles. The lowest BCUT2D eigenvalue weighted by atomic mass is 10.1. The maximum absolute atomic E-state index is 9.56. The number of hydrogen-bond donors (Lipinski definition) is 1. The molecule has 2 atom stereocenters. The monoisotopic (exact) mass is 199 g/mol. The van der Waals surface area contributed by atoms with Crippen molar-refractivity contribution in [3.05, 3.63) is 0 Å². The summed E-state index contributed by atoms with van der Waals surface area (Å²) in [6, 6.07) is 0.327. The predicted molar refractivity (Wildman–Crippen MR) is 60.4 cm³/mol. The van der Waals surface area contributed by atoms with E-state index in [1.54, 1.807) is 0 Å². The lowest BCUT2D eigenvalue weighted by Gasteiger charge is -2.30. The van der Waals surface area contributed by atoms with Gasteiger partial charge in [-0.05, 0) is 39.8 Å². The fourth-order valence-corrected chi connectivity index (χ4v) is 2.16. The molecule has 0 amide bonds. The highest BCUT2D eigenvalue weighted by atomic mass is 16.3. The van der Waals surface area contributed by atoms with Crippen LogP contribution in [0.2, 0.25) is 0 Å². The quantitative estimate of drug-likeness (QED) is 0.738. The third-order valence-electron chi connectivity index (χ3n) is 3.41. The average Bonchev–Trinajstić information content (AvgIpc) is 2.29. The number of nitrogens with zero attached hydrogens (tertiary/aromatic N) is 1. The van der Waals surface area contributed by atoms with Crippen molar-refractivity contribution < 1.29 is 5.11 Å². The van der Waals surface area contributed by atoms with Crippen LogP contribution < -0.4 is 0 Å². The summed E-state index contributed by atoms with van der Waals surface area (Å²) in [6.45, 7) is 6.39. The molecule has 0 aromatic heterocycles. The Balaban J connectivity index is 2.39. The van der Waals surface area contributed by atoms with Crippen LogP contribution in [0.1, 0.15) is 52.4 Å². The second-order valence-corrected chi connectivity index (χ2v) is 4.64. The molecule has 1 saturated heterocycles. The fourth-order valence-electron chi connectivity index (χ4n) is 2.16. The summed E-state index contributed by atoms with van der Waals surface area (Å²) in [4.78, 5) is 2.45. The molecule has 2 heteroatoms. The Morgan fingerprint density at radius 3 is 1.71 bits per heavy atom. The van der Waals surface area contributed by atoms with Crippen LogP contribution in [-0.2, 0) is 0 Å². The zero-order valence-electron chi connectivity index (χ0n) is 9.71. The van der Waals surface area contributed by atoms with Crippen molar-refractivity contribution in [2.24, 2.45) is 0 Å². The van der Waals surface area contributed by atoms with Crippen molar-refractivity contribution in [1.29, 1.82) is 0 Å². The third-order valence-corrected chi connectivity index (χ3v) is 3.41. The van der Waals surface area contributed by atoms with Gasteiger partial charge in [-0.1, -0.05) is 25.7 Å². The molecule has 1 rings (SSSR count). The number of aliphatic hydroxyl groups is 1. The van der Waals surface area contributed by atoms with E-state index in [1.807, 2.05) is 6.92 Å². The van der Waals surface area contributed by atoms with Gasteiger partial charge in [0.1, 0.15) is 0 Å². The molecule has 0 bridgehead atoms. The second-order valence-electron chi connectivity index (χ2n) is 4.64. The van der Waals surface area contributed by atoms with E-state index in [0.717, 1.165) is 0 Å². The molecule has 84 valence electrons. The molecule has 14 heavy (non-hydrogen) atoms. The van der Waals surface area contributed by atoms with E-state index in [1.165, 1.54) is 51.6 Å². The molecule has 0 aromatic rings. The number of rotatable bonds is 2. The van der Waals surface area contributed by atoms with Gasteiger partial charge >= 0.3 is 0 Å². The molecule has 1 aliphatic heterocycles. The third kappa shape index (κ3) is 3.97. The molecule has 1 N–H and O–H groups in total. The fraction of sp³-hybridized carbons (Fsp3) is 1.00. The highest BCUT2D eigenvalue weighted by molar-refractivity contribution is 4.72. The van der Waals surface area contributed by atoms with Crippen LogP contribution in [0.3, 0.4) is 0 Å². The van der Waals surface area contributed by atoms with Gasteiger partial charge in [-0.25, -0.2) is 0 Å². The Labute approximate surface area is 88.3 Å². The molecular weight excluding hydrogens is 174 g/mol. The summed E-state index contributed by atoms with van der Waals surface area (Å²) in [5.74, 6) is 0. The minimum Gasteiger partial charge on any atom is -0.392 e. The van der Waals surface area contributed by atoms with Gasteiger partial charge in [0.15, 0.2) is 0 Å². The Hall–Kier alpha value is -0.0800. The predicted octanol–water partition coefficient (Wildman–Crippen LogP) is 2.41. The molecule has 2 nitrogen and oxygen atoms in total. The minimum atomic E-state index is -0.198. The maximum Gasteiger partial charge on any atom is 0.0664 e. The van der Waals surface area contributed by atoms with Crippen LogP contribution in [0.15, 0.2) is 0 Å². The molecule has 0 aromatic carbocycles. The van der Waals surface area contributed by atoms with Crippen molar-refractivity contribution in [3.63, 3.8) is 0 Å². The van der Waals surface area contributed by atoms with Crippen molar-refractivity contribution in [1.82, 2.24) is 4.90 Å². The van der Waals surface area contributed by atoms with E-state index in [4.69, 9.17) is 0 Å². The first kappa shape index (κ1) is 12.0. The van der Waals surface area contributed by atoms with Gasteiger partial charge in [-0.3, -0.25) is 4.90 Å². The van der Waals surface area contributed by atoms with Gasteiger partial charge in [0.2, 0.25) is 0 Å². The van der Waals surface area contributed by atoms with Crippen LogP contribution in [0.25, 0.3) is 0 Å². The van der Waals surface area contributed by atoms with Gasteiger partial charge in [-0.15, -0.1) is 0 Å². The zero-order chi connectivity index (χ0) is 10.4. The molecule has 1 fully saturated rings. The SMILES string of the molecule is CC(O)C(C)N1CCCCCCCC1. The summed E-state index contributed by atoms with van der Waals surface area (Å²) in [7, 11) is 0. The molecule has 2 unspecified atom stereocenters. The van der Waals surface area contributed by atoms with Gasteiger partial charge in [-0.2, -0.15) is 0 Å². The minimum absolute atomic E-state index is 0.198. The Morgan fingerprint density at radius 2 is 1.29 bits per heavy atom. The van der Waals surface area contributed by atoms with E-state index < -0.39 is 0 Å². The molecular formula is C12H25NO. The van der Waals surface area contributed by atoms with Crippen LogP contribution in [0.5, 0.6) is 0 Å². The van der Waals surface area contributed by atoms with Crippen LogP contribution in [-0.4, -0.2) is 35.2 Å². The molecule has 0 aliphatic carbocycles. The standard InChI is InChI=1S/C12H25NO/c1-11(12(2)14)13-9-7-5-3-4-6-8-10-13/h11-12,14H,3-10H2,1-2H3. The van der Waals surface area contributed by atoms with Crippen molar-refractivity contribution >= 4 is 0 Å². The summed E-state index contributed by atoms with van der Waals surface area (Å²) in [6.07, 6.45) is 7.93. The highest BCUT2D eigenvalue weighted by Crippen LogP contribution is 2.14. The van der Waals surface area contributed by atoms with Crippen molar-refractivity contribution in [2.45, 2.75) is 64.5 Å². The zero-order valence-corrected chi connectivity index (χ0v) is 9.71. The van der Waals surface area contributed by atoms with E-state index >= 15 is 0 Å². The number of aliphatic hydroxyl groups excluding tert-OH is 1. The smallest absolute Gasteiger partial charge is 0.0664 e. The molecule has 1 aliphatic rings. The van der Waals surface area contributed by atoms with Gasteiger partial charge < -0.3 is 5.11 Å².